The van der Waals surface area contributed by atoms with Crippen molar-refractivity contribution in [3.8, 4) is 0 Å². The number of ether oxygens (including phenoxy) is 1. The minimum Gasteiger partial charge on any atom is -0.458 e. The van der Waals surface area contributed by atoms with Gasteiger partial charge in [-0.3, -0.25) is 0 Å². The second kappa shape index (κ2) is 6.62. The van der Waals surface area contributed by atoms with E-state index in [2.05, 4.69) is 15.3 Å². The Kier molecular flexibility index (Phi) is 4.37. The number of nitrogens with one attached hydrogen (secondary N) is 1. The molecule has 1 heterocycles. The van der Waals surface area contributed by atoms with Crippen LogP contribution < -0.4 is 5.32 Å². The summed E-state index contributed by atoms with van der Waals surface area (Å²) in [6, 6.07) is 13.1. The van der Waals surface area contributed by atoms with E-state index in [1.54, 1.807) is 38.1 Å². The molecule has 1 aromatic heterocycles. The van der Waals surface area contributed by atoms with Gasteiger partial charge >= 0.3 is 5.97 Å². The summed E-state index contributed by atoms with van der Waals surface area (Å²) in [5.41, 5.74) is 1.74. The quantitative estimate of drug-likeness (QED) is 0.732. The minimum absolute atomic E-state index is 0.0617. The third-order valence-electron chi connectivity index (χ3n) is 3.19. The van der Waals surface area contributed by atoms with Crippen LogP contribution in [0.4, 0.5) is 15.9 Å². The molecule has 0 atom stereocenters. The SMILES string of the molecule is CC(C)OC(=O)c1nc2ccccc2nc1Nc1cccc(F)c1. The number of rotatable bonds is 4. The molecule has 0 radical (unpaired) electrons. The van der Waals surface area contributed by atoms with E-state index in [1.807, 2.05) is 12.1 Å². The Bertz CT molecular complexity index is 896. The number of benzene rings is 2. The first-order valence-corrected chi connectivity index (χ1v) is 7.53. The average Bonchev–Trinajstić information content (AvgIpc) is 2.53. The topological polar surface area (TPSA) is 64.1 Å². The summed E-state index contributed by atoms with van der Waals surface area (Å²) in [4.78, 5) is 21.1. The number of nitrogens with zero attached hydrogens (tertiary/aromatic N) is 2. The average molecular weight is 325 g/mol. The van der Waals surface area contributed by atoms with E-state index in [0.29, 0.717) is 16.7 Å². The van der Waals surface area contributed by atoms with E-state index >= 15 is 0 Å². The van der Waals surface area contributed by atoms with Crippen LogP contribution in [0.5, 0.6) is 0 Å². The van der Waals surface area contributed by atoms with Crippen molar-refractivity contribution in [1.82, 2.24) is 9.97 Å². The molecule has 0 spiro atoms. The van der Waals surface area contributed by atoms with Crippen molar-refractivity contribution in [3.05, 3.63) is 60.0 Å². The molecule has 0 unspecified atom stereocenters. The second-order valence-corrected chi connectivity index (χ2v) is 5.50. The lowest BCUT2D eigenvalue weighted by Crippen LogP contribution is -2.16. The molecule has 5 nitrogen and oxygen atoms in total. The van der Waals surface area contributed by atoms with Crippen LogP contribution in [0.15, 0.2) is 48.5 Å². The van der Waals surface area contributed by atoms with Crippen LogP contribution in [0.1, 0.15) is 24.3 Å². The van der Waals surface area contributed by atoms with Crippen molar-refractivity contribution >= 4 is 28.5 Å². The van der Waals surface area contributed by atoms with Crippen LogP contribution in [0.3, 0.4) is 0 Å². The fourth-order valence-electron chi connectivity index (χ4n) is 2.20. The van der Waals surface area contributed by atoms with Gasteiger partial charge in [-0.15, -0.1) is 0 Å². The summed E-state index contributed by atoms with van der Waals surface area (Å²) < 4.78 is 18.6. The maximum absolute atomic E-state index is 13.4. The lowest BCUT2D eigenvalue weighted by atomic mass is 10.2. The van der Waals surface area contributed by atoms with Crippen LogP contribution in [-0.2, 0) is 4.74 Å². The number of esters is 1. The Morgan fingerprint density at radius 2 is 1.79 bits per heavy atom. The highest BCUT2D eigenvalue weighted by Gasteiger charge is 2.19. The molecule has 2 aromatic carbocycles. The van der Waals surface area contributed by atoms with Gasteiger partial charge in [-0.05, 0) is 44.2 Å². The van der Waals surface area contributed by atoms with E-state index in [1.165, 1.54) is 12.1 Å². The third-order valence-corrected chi connectivity index (χ3v) is 3.19. The van der Waals surface area contributed by atoms with Crippen LogP contribution in [-0.4, -0.2) is 22.0 Å². The normalized spacial score (nSPS) is 10.8. The minimum atomic E-state index is -0.581. The van der Waals surface area contributed by atoms with Gasteiger partial charge in [0.05, 0.1) is 17.1 Å². The predicted octanol–water partition coefficient (Wildman–Crippen LogP) is 4.08. The molecule has 0 aliphatic heterocycles. The van der Waals surface area contributed by atoms with E-state index in [-0.39, 0.29) is 23.4 Å². The molecule has 122 valence electrons. The molecule has 0 saturated heterocycles. The molecular weight excluding hydrogens is 309 g/mol. The molecule has 1 N–H and O–H groups in total. The molecule has 0 aliphatic carbocycles. The maximum Gasteiger partial charge on any atom is 0.361 e. The van der Waals surface area contributed by atoms with Crippen LogP contribution in [0.25, 0.3) is 11.0 Å². The predicted molar refractivity (Wildman–Crippen MR) is 89.8 cm³/mol. The Hall–Kier alpha value is -3.02. The molecular formula is C18H16FN3O2. The number of hydrogen-bond acceptors (Lipinski definition) is 5. The van der Waals surface area contributed by atoms with Crippen molar-refractivity contribution in [2.24, 2.45) is 0 Å². The van der Waals surface area contributed by atoms with Crippen molar-refractivity contribution in [2.45, 2.75) is 20.0 Å². The van der Waals surface area contributed by atoms with Crippen molar-refractivity contribution < 1.29 is 13.9 Å². The van der Waals surface area contributed by atoms with Crippen LogP contribution in [0, 0.1) is 5.82 Å². The number of carbonyl (C=O) groups is 1. The van der Waals surface area contributed by atoms with E-state index in [9.17, 15) is 9.18 Å². The van der Waals surface area contributed by atoms with Gasteiger partial charge in [0, 0.05) is 5.69 Å². The van der Waals surface area contributed by atoms with Gasteiger partial charge in [-0.25, -0.2) is 19.2 Å². The van der Waals surface area contributed by atoms with Crippen molar-refractivity contribution in [1.29, 1.82) is 0 Å². The number of anilines is 2. The van der Waals surface area contributed by atoms with Gasteiger partial charge in [-0.2, -0.15) is 0 Å². The summed E-state index contributed by atoms with van der Waals surface area (Å²) in [5, 5.41) is 2.95. The van der Waals surface area contributed by atoms with E-state index < -0.39 is 5.97 Å². The Balaban J connectivity index is 2.07. The second-order valence-electron chi connectivity index (χ2n) is 5.50. The lowest BCUT2D eigenvalue weighted by molar-refractivity contribution is 0.0372. The van der Waals surface area contributed by atoms with Gasteiger partial charge in [0.25, 0.3) is 0 Å². The first-order chi connectivity index (χ1) is 11.5. The highest BCUT2D eigenvalue weighted by Crippen LogP contribution is 2.22. The van der Waals surface area contributed by atoms with E-state index in [4.69, 9.17) is 4.74 Å². The van der Waals surface area contributed by atoms with Gasteiger partial charge in [0.1, 0.15) is 5.82 Å². The number of hydrogen-bond donors (Lipinski definition) is 1. The number of fused-ring (bicyclic) bond motifs is 1. The summed E-state index contributed by atoms with van der Waals surface area (Å²) in [6.45, 7) is 3.51. The zero-order chi connectivity index (χ0) is 17.1. The molecule has 0 aliphatic rings. The molecule has 24 heavy (non-hydrogen) atoms. The Labute approximate surface area is 138 Å². The Morgan fingerprint density at radius 1 is 1.08 bits per heavy atom. The highest BCUT2D eigenvalue weighted by molar-refractivity contribution is 5.96. The fraction of sp³-hybridized carbons (Fsp3) is 0.167. The fourth-order valence-corrected chi connectivity index (χ4v) is 2.20. The summed E-state index contributed by atoms with van der Waals surface area (Å²) in [6.07, 6.45) is -0.284. The molecule has 0 saturated carbocycles. The largest absolute Gasteiger partial charge is 0.458 e. The van der Waals surface area contributed by atoms with Gasteiger partial charge < -0.3 is 10.1 Å². The zero-order valence-electron chi connectivity index (χ0n) is 13.3. The molecule has 0 bridgehead atoms. The van der Waals surface area contributed by atoms with Crippen molar-refractivity contribution in [3.63, 3.8) is 0 Å². The van der Waals surface area contributed by atoms with Gasteiger partial charge in [0.2, 0.25) is 0 Å². The van der Waals surface area contributed by atoms with E-state index in [0.717, 1.165) is 0 Å². The first kappa shape index (κ1) is 15.9. The van der Waals surface area contributed by atoms with Gasteiger partial charge in [0.15, 0.2) is 11.5 Å². The number of aromatic nitrogens is 2. The number of carbonyl (C=O) groups excluding carboxylic acids is 1. The number of para-hydroxylation sites is 2. The molecule has 0 amide bonds. The molecule has 3 rings (SSSR count). The summed E-state index contributed by atoms with van der Waals surface area (Å²) in [7, 11) is 0. The first-order valence-electron chi connectivity index (χ1n) is 7.53. The molecule has 6 heteroatoms. The lowest BCUT2D eigenvalue weighted by Gasteiger charge is -2.13. The summed E-state index contributed by atoms with van der Waals surface area (Å²) in [5.74, 6) is -0.743. The van der Waals surface area contributed by atoms with Crippen LogP contribution in [0.2, 0.25) is 0 Å². The standard InChI is InChI=1S/C18H16FN3O2/c1-11(2)24-18(23)16-17(20-13-7-5-6-12(19)10-13)22-15-9-4-3-8-14(15)21-16/h3-11H,1-2H3,(H,20,22). The maximum atomic E-state index is 13.4. The van der Waals surface area contributed by atoms with Gasteiger partial charge in [-0.1, -0.05) is 18.2 Å². The highest BCUT2D eigenvalue weighted by atomic mass is 19.1. The smallest absolute Gasteiger partial charge is 0.361 e. The van der Waals surface area contributed by atoms with Crippen molar-refractivity contribution in [2.75, 3.05) is 5.32 Å². The summed E-state index contributed by atoms with van der Waals surface area (Å²) >= 11 is 0. The molecule has 0 fully saturated rings. The Morgan fingerprint density at radius 3 is 2.46 bits per heavy atom. The third kappa shape index (κ3) is 3.48. The monoisotopic (exact) mass is 325 g/mol. The molecule has 3 aromatic rings. The number of halogens is 1. The zero-order valence-corrected chi connectivity index (χ0v) is 13.3. The van der Waals surface area contributed by atoms with Crippen LogP contribution >= 0.6 is 0 Å².